The Morgan fingerprint density at radius 1 is 1.26 bits per heavy atom. The number of ketones is 1. The number of aliphatic hydroxyl groups is 2. The number of rotatable bonds is 2. The highest BCUT2D eigenvalue weighted by Crippen LogP contribution is 2.69. The molecule has 0 radical (unpaired) electrons. The first kappa shape index (κ1) is 21.3. The molecule has 6 unspecified atom stereocenters. The van der Waals surface area contributed by atoms with Crippen LogP contribution in [0.2, 0.25) is 0 Å². The number of hydrogen-bond acceptors (Lipinski definition) is 4. The van der Waals surface area contributed by atoms with Crippen molar-refractivity contribution in [3.05, 3.63) is 23.8 Å². The number of fused-ring (bicyclic) bond motifs is 5. The fraction of sp³-hybridized carbons (Fsp3) is 0.760. The molecule has 0 aromatic carbocycles. The van der Waals surface area contributed by atoms with Gasteiger partial charge < -0.3 is 15.1 Å². The Morgan fingerprint density at radius 3 is 2.65 bits per heavy atom. The molecule has 1 saturated heterocycles. The standard InChI is InChI=1S/C25H34FNO4/c1-14-8-20-17-4-5-18(22(31)27-11-15(12-27)13-28)23(17,2)10-21(30)25(20,26)24(3)7-6-16(29)9-19(14)24/h6-7,9,14-15,17-18,20-21,28,30H,4-5,8,10-13H2,1-3H3/t14-,17?,18?,20?,21?,23?,24?,25-/m0/s1. The summed E-state index contributed by atoms with van der Waals surface area (Å²) in [5.74, 6) is -0.328. The Morgan fingerprint density at radius 2 is 1.97 bits per heavy atom. The number of nitrogens with zero attached hydrogens (tertiary/aromatic N) is 1. The molecule has 3 saturated carbocycles. The fourth-order valence-electron chi connectivity index (χ4n) is 8.09. The summed E-state index contributed by atoms with van der Waals surface area (Å²) in [6, 6.07) is 0. The van der Waals surface area contributed by atoms with E-state index in [1.165, 1.54) is 6.08 Å². The summed E-state index contributed by atoms with van der Waals surface area (Å²) >= 11 is 0. The average molecular weight is 432 g/mol. The summed E-state index contributed by atoms with van der Waals surface area (Å²) in [4.78, 5) is 27.2. The fourth-order valence-corrected chi connectivity index (χ4v) is 8.09. The molecular weight excluding hydrogens is 397 g/mol. The van der Waals surface area contributed by atoms with Gasteiger partial charge in [-0.15, -0.1) is 0 Å². The van der Waals surface area contributed by atoms with E-state index in [-0.39, 0.29) is 54.3 Å². The zero-order valence-electron chi connectivity index (χ0n) is 18.7. The summed E-state index contributed by atoms with van der Waals surface area (Å²) in [5, 5.41) is 20.6. The molecule has 4 fully saturated rings. The number of halogens is 1. The van der Waals surface area contributed by atoms with E-state index >= 15 is 4.39 Å². The van der Waals surface area contributed by atoms with E-state index in [4.69, 9.17) is 0 Å². The summed E-state index contributed by atoms with van der Waals surface area (Å²) in [7, 11) is 0. The second-order valence-corrected chi connectivity index (χ2v) is 11.3. The van der Waals surface area contributed by atoms with E-state index in [0.29, 0.717) is 19.5 Å². The third-order valence-electron chi connectivity index (χ3n) is 9.79. The third kappa shape index (κ3) is 2.61. The normalized spacial score (nSPS) is 49.1. The van der Waals surface area contributed by atoms with Gasteiger partial charge in [0.1, 0.15) is 0 Å². The molecule has 0 spiro atoms. The van der Waals surface area contributed by atoms with Gasteiger partial charge in [0.05, 0.1) is 6.10 Å². The number of likely N-dealkylation sites (tertiary alicyclic amines) is 1. The molecule has 0 aromatic heterocycles. The number of hydrogen-bond donors (Lipinski definition) is 2. The molecule has 0 aromatic rings. The van der Waals surface area contributed by atoms with Crippen LogP contribution in [0.25, 0.3) is 0 Å². The largest absolute Gasteiger partial charge is 0.396 e. The van der Waals surface area contributed by atoms with Crippen LogP contribution in [-0.2, 0) is 9.59 Å². The SMILES string of the molecule is C[C@H]1CC2C3CCC(C(=O)N4CC(CO)C4)C3(C)CC(O)[C@]2(F)C2(C)C=CC(=O)C=C12. The van der Waals surface area contributed by atoms with Gasteiger partial charge in [-0.1, -0.05) is 25.5 Å². The van der Waals surface area contributed by atoms with Crippen LogP contribution in [0.15, 0.2) is 23.8 Å². The van der Waals surface area contributed by atoms with Crippen molar-refractivity contribution in [1.29, 1.82) is 0 Å². The summed E-state index contributed by atoms with van der Waals surface area (Å²) in [6.07, 6.45) is 5.89. The van der Waals surface area contributed by atoms with Crippen molar-refractivity contribution in [3.8, 4) is 0 Å². The van der Waals surface area contributed by atoms with Gasteiger partial charge in [0.15, 0.2) is 11.5 Å². The first-order chi connectivity index (χ1) is 14.6. The minimum Gasteiger partial charge on any atom is -0.396 e. The minimum absolute atomic E-state index is 0.0246. The molecule has 5 nitrogen and oxygen atoms in total. The Labute approximate surface area is 183 Å². The highest BCUT2D eigenvalue weighted by Gasteiger charge is 2.71. The quantitative estimate of drug-likeness (QED) is 0.705. The number of alkyl halides is 1. The Hall–Kier alpha value is -1.53. The van der Waals surface area contributed by atoms with Crippen LogP contribution in [0.5, 0.6) is 0 Å². The maximum atomic E-state index is 17.1. The number of carbonyl (C=O) groups is 2. The highest BCUT2D eigenvalue weighted by atomic mass is 19.1. The van der Waals surface area contributed by atoms with Crippen molar-refractivity contribution in [1.82, 2.24) is 4.90 Å². The van der Waals surface area contributed by atoms with Gasteiger partial charge in [-0.3, -0.25) is 9.59 Å². The Kier molecular flexibility index (Phi) is 4.63. The van der Waals surface area contributed by atoms with Crippen molar-refractivity contribution in [3.63, 3.8) is 0 Å². The molecule has 5 aliphatic rings. The molecule has 2 N–H and O–H groups in total. The molecule has 1 amide bonds. The second kappa shape index (κ2) is 6.74. The lowest BCUT2D eigenvalue weighted by Gasteiger charge is -2.63. The smallest absolute Gasteiger partial charge is 0.226 e. The maximum absolute atomic E-state index is 17.1. The summed E-state index contributed by atoms with van der Waals surface area (Å²) in [5.41, 5.74) is -2.49. The van der Waals surface area contributed by atoms with E-state index in [9.17, 15) is 19.8 Å². The van der Waals surface area contributed by atoms with Crippen LogP contribution < -0.4 is 0 Å². The summed E-state index contributed by atoms with van der Waals surface area (Å²) < 4.78 is 17.1. The Bertz CT molecular complexity index is 879. The van der Waals surface area contributed by atoms with E-state index in [1.54, 1.807) is 12.2 Å². The van der Waals surface area contributed by atoms with Gasteiger partial charge in [-0.05, 0) is 62.0 Å². The number of amides is 1. The van der Waals surface area contributed by atoms with Crippen LogP contribution >= 0.6 is 0 Å². The second-order valence-electron chi connectivity index (χ2n) is 11.3. The first-order valence-corrected chi connectivity index (χ1v) is 11.8. The predicted molar refractivity (Wildman–Crippen MR) is 114 cm³/mol. The molecule has 5 rings (SSSR count). The average Bonchev–Trinajstić information content (AvgIpc) is 3.01. The van der Waals surface area contributed by atoms with Crippen LogP contribution in [-0.4, -0.2) is 58.3 Å². The van der Waals surface area contributed by atoms with Crippen LogP contribution in [0.1, 0.15) is 46.5 Å². The molecule has 8 atom stereocenters. The topological polar surface area (TPSA) is 77.8 Å². The Balaban J connectivity index is 1.49. The molecular formula is C25H34FNO4. The van der Waals surface area contributed by atoms with E-state index in [1.807, 2.05) is 11.8 Å². The van der Waals surface area contributed by atoms with Crippen molar-refractivity contribution in [2.24, 2.45) is 40.4 Å². The van der Waals surface area contributed by atoms with E-state index in [2.05, 4.69) is 13.8 Å². The lowest BCUT2D eigenvalue weighted by molar-refractivity contribution is -0.202. The maximum Gasteiger partial charge on any atom is 0.226 e. The first-order valence-electron chi connectivity index (χ1n) is 11.8. The van der Waals surface area contributed by atoms with Gasteiger partial charge in [-0.2, -0.15) is 0 Å². The highest BCUT2D eigenvalue weighted by molar-refractivity contribution is 6.01. The monoisotopic (exact) mass is 431 g/mol. The van der Waals surface area contributed by atoms with Gasteiger partial charge >= 0.3 is 0 Å². The van der Waals surface area contributed by atoms with Gasteiger partial charge in [0.2, 0.25) is 5.91 Å². The molecule has 6 heteroatoms. The van der Waals surface area contributed by atoms with Crippen molar-refractivity contribution in [2.75, 3.05) is 19.7 Å². The minimum atomic E-state index is -1.84. The van der Waals surface area contributed by atoms with E-state index < -0.39 is 22.6 Å². The lowest BCUT2D eigenvalue weighted by Crippen LogP contribution is -2.68. The third-order valence-corrected chi connectivity index (χ3v) is 9.79. The van der Waals surface area contributed by atoms with Crippen molar-refractivity contribution < 1.29 is 24.2 Å². The number of carbonyl (C=O) groups excluding carboxylic acids is 2. The zero-order valence-corrected chi connectivity index (χ0v) is 18.7. The lowest BCUT2D eigenvalue weighted by atomic mass is 9.43. The van der Waals surface area contributed by atoms with Crippen molar-refractivity contribution in [2.45, 2.75) is 58.2 Å². The van der Waals surface area contributed by atoms with Crippen LogP contribution in [0.3, 0.4) is 0 Å². The molecule has 31 heavy (non-hydrogen) atoms. The molecule has 1 heterocycles. The molecule has 4 aliphatic carbocycles. The predicted octanol–water partition coefficient (Wildman–Crippen LogP) is 2.67. The van der Waals surface area contributed by atoms with Gasteiger partial charge in [0.25, 0.3) is 0 Å². The molecule has 0 bridgehead atoms. The molecule has 1 aliphatic heterocycles. The van der Waals surface area contributed by atoms with Crippen LogP contribution in [0, 0.1) is 40.4 Å². The van der Waals surface area contributed by atoms with E-state index in [0.717, 1.165) is 18.4 Å². The van der Waals surface area contributed by atoms with Crippen molar-refractivity contribution >= 4 is 11.7 Å². The number of aliphatic hydroxyl groups excluding tert-OH is 2. The number of allylic oxidation sites excluding steroid dienone is 4. The van der Waals surface area contributed by atoms with Gasteiger partial charge in [-0.25, -0.2) is 4.39 Å². The molecule has 170 valence electrons. The zero-order chi connectivity index (χ0) is 22.3. The summed E-state index contributed by atoms with van der Waals surface area (Å²) in [6.45, 7) is 7.26. The van der Waals surface area contributed by atoms with Gasteiger partial charge in [0, 0.05) is 42.9 Å². The van der Waals surface area contributed by atoms with Crippen LogP contribution in [0.4, 0.5) is 4.39 Å².